The van der Waals surface area contributed by atoms with Gasteiger partial charge in [-0.1, -0.05) is 0 Å². The van der Waals surface area contributed by atoms with Gasteiger partial charge in [0.25, 0.3) is 12.0 Å². The lowest BCUT2D eigenvalue weighted by molar-refractivity contribution is 0.146. The molecule has 3 aromatic heterocycles. The van der Waals surface area contributed by atoms with Crippen molar-refractivity contribution in [3.8, 4) is 0 Å². The molecule has 10 heteroatoms. The van der Waals surface area contributed by atoms with Crippen molar-refractivity contribution in [1.82, 2.24) is 19.6 Å². The third-order valence-corrected chi connectivity index (χ3v) is 5.60. The fourth-order valence-corrected chi connectivity index (χ4v) is 4.55. The van der Waals surface area contributed by atoms with Crippen molar-refractivity contribution in [3.05, 3.63) is 48.2 Å². The van der Waals surface area contributed by atoms with Crippen molar-refractivity contribution in [2.45, 2.75) is 26.3 Å². The van der Waals surface area contributed by atoms with Gasteiger partial charge in [-0.3, -0.25) is 4.79 Å². The van der Waals surface area contributed by atoms with Crippen LogP contribution in [0.5, 0.6) is 0 Å². The molecule has 25 heavy (non-hydrogen) atoms. The summed E-state index contributed by atoms with van der Waals surface area (Å²) in [6, 6.07) is 2.45. The molecule has 0 aromatic carbocycles. The molecule has 1 aliphatic heterocycles. The first-order valence-electron chi connectivity index (χ1n) is 7.51. The zero-order valence-electron chi connectivity index (χ0n) is 13.0. The first-order chi connectivity index (χ1) is 11.9. The minimum absolute atomic E-state index is 0.127. The lowest BCUT2D eigenvalue weighted by Crippen LogP contribution is -2.32. The number of thiazole rings is 1. The molecule has 0 unspecified atom stereocenters. The summed E-state index contributed by atoms with van der Waals surface area (Å²) in [4.78, 5) is 23.6. The summed E-state index contributed by atoms with van der Waals surface area (Å²) in [5.74, 6) is 0.649. The topological polar surface area (TPSA) is 63.4 Å². The van der Waals surface area contributed by atoms with Crippen molar-refractivity contribution in [2.24, 2.45) is 0 Å². The molecule has 4 rings (SSSR count). The predicted octanol–water partition coefficient (Wildman–Crippen LogP) is 3.12. The first-order valence-corrected chi connectivity index (χ1v) is 9.12. The lowest BCUT2D eigenvalue weighted by Gasteiger charge is -2.28. The highest BCUT2D eigenvalue weighted by atomic mass is 79.9. The Morgan fingerprint density at radius 1 is 1.32 bits per heavy atom. The van der Waals surface area contributed by atoms with Gasteiger partial charge in [0, 0.05) is 23.9 Å². The van der Waals surface area contributed by atoms with Gasteiger partial charge in [0.2, 0.25) is 0 Å². The molecule has 0 spiro atoms. The maximum atomic E-state index is 12.8. The molecule has 3 aromatic rings. The van der Waals surface area contributed by atoms with Crippen LogP contribution in [0.1, 0.15) is 28.3 Å². The van der Waals surface area contributed by atoms with Gasteiger partial charge in [-0.05, 0) is 34.5 Å². The normalized spacial score (nSPS) is 14.4. The third kappa shape index (κ3) is 2.93. The summed E-state index contributed by atoms with van der Waals surface area (Å²) in [5, 5.41) is 4.37. The Morgan fingerprint density at radius 3 is 2.88 bits per heavy atom. The number of nitrogens with zero attached hydrogens (tertiary/aromatic N) is 5. The zero-order valence-corrected chi connectivity index (χ0v) is 15.4. The molecule has 0 saturated heterocycles. The Kier molecular flexibility index (Phi) is 4.03. The standard InChI is InChI=1S/C15H12BrF2N5OS/c1-7-4-11-19-9(13(17)18)5-12(24)23(11)21-14(7)22-3-2-8-10(6-22)25-15(16)20-8/h4-5,13H,2-3,6H2,1H3. The maximum Gasteiger partial charge on any atom is 0.280 e. The quantitative estimate of drug-likeness (QED) is 0.628. The monoisotopic (exact) mass is 427 g/mol. The largest absolute Gasteiger partial charge is 0.349 e. The van der Waals surface area contributed by atoms with Crippen molar-refractivity contribution < 1.29 is 8.78 Å². The van der Waals surface area contributed by atoms with Crippen LogP contribution in [0.2, 0.25) is 0 Å². The number of halogens is 3. The second-order valence-corrected chi connectivity index (χ2v) is 8.11. The van der Waals surface area contributed by atoms with E-state index in [0.29, 0.717) is 12.4 Å². The molecule has 0 bridgehead atoms. The van der Waals surface area contributed by atoms with E-state index in [0.717, 1.165) is 43.6 Å². The van der Waals surface area contributed by atoms with Gasteiger partial charge in [-0.25, -0.2) is 18.7 Å². The van der Waals surface area contributed by atoms with E-state index in [1.807, 2.05) is 6.92 Å². The Labute approximate surface area is 153 Å². The molecule has 0 N–H and O–H groups in total. The maximum absolute atomic E-state index is 12.8. The van der Waals surface area contributed by atoms with Crippen LogP contribution in [0.4, 0.5) is 14.6 Å². The van der Waals surface area contributed by atoms with E-state index in [2.05, 4.69) is 35.9 Å². The predicted molar refractivity (Wildman–Crippen MR) is 93.5 cm³/mol. The van der Waals surface area contributed by atoms with Crippen molar-refractivity contribution >= 4 is 38.7 Å². The summed E-state index contributed by atoms with van der Waals surface area (Å²) < 4.78 is 27.6. The SMILES string of the molecule is Cc1cc2nc(C(F)F)cc(=O)n2nc1N1CCc2nc(Br)sc2C1. The molecule has 0 atom stereocenters. The average molecular weight is 428 g/mol. The first kappa shape index (κ1) is 16.5. The summed E-state index contributed by atoms with van der Waals surface area (Å²) >= 11 is 4.98. The number of hydrogen-bond acceptors (Lipinski definition) is 6. The number of alkyl halides is 2. The second-order valence-electron chi connectivity index (χ2n) is 5.75. The summed E-state index contributed by atoms with van der Waals surface area (Å²) in [7, 11) is 0. The van der Waals surface area contributed by atoms with Gasteiger partial charge in [0.15, 0.2) is 15.4 Å². The highest BCUT2D eigenvalue weighted by Crippen LogP contribution is 2.31. The molecule has 6 nitrogen and oxygen atoms in total. The van der Waals surface area contributed by atoms with Gasteiger partial charge < -0.3 is 4.90 Å². The zero-order chi connectivity index (χ0) is 17.7. The number of aromatic nitrogens is 4. The number of aryl methyl sites for hydroxylation is 1. The molecule has 1 aliphatic rings. The van der Waals surface area contributed by atoms with E-state index in [1.54, 1.807) is 17.4 Å². The highest BCUT2D eigenvalue weighted by molar-refractivity contribution is 9.11. The average Bonchev–Trinajstić information content (AvgIpc) is 2.93. The fraction of sp³-hybridized carbons (Fsp3) is 0.333. The summed E-state index contributed by atoms with van der Waals surface area (Å²) in [5.41, 5.74) is 0.843. The number of anilines is 1. The summed E-state index contributed by atoms with van der Waals surface area (Å²) in [6.45, 7) is 3.21. The Hall–Kier alpha value is -1.94. The molecule has 0 radical (unpaired) electrons. The van der Waals surface area contributed by atoms with Gasteiger partial charge in [-0.15, -0.1) is 16.4 Å². The molecule has 0 aliphatic carbocycles. The van der Waals surface area contributed by atoms with Crippen molar-refractivity contribution in [1.29, 1.82) is 0 Å². The molecule has 0 fully saturated rings. The van der Waals surface area contributed by atoms with Gasteiger partial charge >= 0.3 is 0 Å². The van der Waals surface area contributed by atoms with Crippen LogP contribution >= 0.6 is 27.3 Å². The molecular formula is C15H12BrF2N5OS. The minimum atomic E-state index is -2.79. The van der Waals surface area contributed by atoms with Crippen LogP contribution < -0.4 is 10.5 Å². The van der Waals surface area contributed by atoms with Crippen molar-refractivity contribution in [3.63, 3.8) is 0 Å². The Balaban J connectivity index is 1.78. The Bertz CT molecular complexity index is 1030. The van der Waals surface area contributed by atoms with Crippen LogP contribution in [0.25, 0.3) is 5.65 Å². The number of hydrogen-bond donors (Lipinski definition) is 0. The van der Waals surface area contributed by atoms with Crippen LogP contribution in [-0.2, 0) is 13.0 Å². The number of fused-ring (bicyclic) bond motifs is 2. The fourth-order valence-electron chi connectivity index (χ4n) is 2.91. The van der Waals surface area contributed by atoms with E-state index in [4.69, 9.17) is 0 Å². The van der Waals surface area contributed by atoms with Gasteiger partial charge in [0.05, 0.1) is 12.2 Å². The van der Waals surface area contributed by atoms with E-state index in [-0.39, 0.29) is 5.65 Å². The highest BCUT2D eigenvalue weighted by Gasteiger charge is 2.23. The van der Waals surface area contributed by atoms with Gasteiger partial charge in [-0.2, -0.15) is 4.52 Å². The third-order valence-electron chi connectivity index (χ3n) is 4.06. The van der Waals surface area contributed by atoms with Crippen molar-refractivity contribution in [2.75, 3.05) is 11.4 Å². The van der Waals surface area contributed by atoms with Crippen LogP contribution in [-0.4, -0.2) is 26.1 Å². The molecule has 0 amide bonds. The minimum Gasteiger partial charge on any atom is -0.349 e. The van der Waals surface area contributed by atoms with E-state index < -0.39 is 17.7 Å². The van der Waals surface area contributed by atoms with Crippen LogP contribution in [0.15, 0.2) is 20.8 Å². The number of rotatable bonds is 2. The van der Waals surface area contributed by atoms with E-state index >= 15 is 0 Å². The second kappa shape index (κ2) is 6.10. The van der Waals surface area contributed by atoms with Crippen LogP contribution in [0, 0.1) is 6.92 Å². The molecule has 4 heterocycles. The van der Waals surface area contributed by atoms with E-state index in [9.17, 15) is 13.6 Å². The van der Waals surface area contributed by atoms with Crippen LogP contribution in [0.3, 0.4) is 0 Å². The summed E-state index contributed by atoms with van der Waals surface area (Å²) in [6.07, 6.45) is -2.00. The smallest absolute Gasteiger partial charge is 0.280 e. The molecule has 130 valence electrons. The van der Waals surface area contributed by atoms with E-state index in [1.165, 1.54) is 0 Å². The molecule has 0 saturated carbocycles. The Morgan fingerprint density at radius 2 is 2.12 bits per heavy atom. The lowest BCUT2D eigenvalue weighted by atomic mass is 10.1. The van der Waals surface area contributed by atoms with Gasteiger partial charge in [0.1, 0.15) is 5.69 Å². The molecular weight excluding hydrogens is 416 g/mol.